The summed E-state index contributed by atoms with van der Waals surface area (Å²) in [5.74, 6) is -0.337. The van der Waals surface area contributed by atoms with Crippen LogP contribution in [0.5, 0.6) is 5.75 Å². The number of carbonyl (C=O) groups excluding carboxylic acids is 1. The van der Waals surface area contributed by atoms with Crippen molar-refractivity contribution < 1.29 is 13.9 Å². The topological polar surface area (TPSA) is 62.1 Å². The zero-order valence-corrected chi connectivity index (χ0v) is 16.6. The van der Waals surface area contributed by atoms with Gasteiger partial charge in [-0.15, -0.1) is 0 Å². The van der Waals surface area contributed by atoms with Gasteiger partial charge in [0.25, 0.3) is 5.91 Å². The van der Waals surface area contributed by atoms with E-state index in [1.165, 1.54) is 18.2 Å². The Morgan fingerprint density at radius 2 is 1.83 bits per heavy atom. The molecule has 150 valence electrons. The average molecular weight is 400 g/mol. The molecule has 0 saturated heterocycles. The first kappa shape index (κ1) is 20.8. The molecule has 0 atom stereocenters. The summed E-state index contributed by atoms with van der Waals surface area (Å²) in [6.45, 7) is 2.22. The summed E-state index contributed by atoms with van der Waals surface area (Å²) < 4.78 is 19.1. The van der Waals surface area contributed by atoms with Crippen molar-refractivity contribution in [1.82, 2.24) is 0 Å². The minimum atomic E-state index is -0.498. The summed E-state index contributed by atoms with van der Waals surface area (Å²) >= 11 is 0. The van der Waals surface area contributed by atoms with Crippen molar-refractivity contribution in [2.24, 2.45) is 0 Å². The van der Waals surface area contributed by atoms with E-state index in [2.05, 4.69) is 12.2 Å². The Labute approximate surface area is 175 Å². The summed E-state index contributed by atoms with van der Waals surface area (Å²) in [5.41, 5.74) is 3.00. The molecule has 0 aliphatic rings. The molecule has 3 aromatic carbocycles. The van der Waals surface area contributed by atoms with Crippen molar-refractivity contribution in [3.05, 3.63) is 101 Å². The smallest absolute Gasteiger partial charge is 0.266 e. The Hall–Kier alpha value is -3.91. The second kappa shape index (κ2) is 10.0. The van der Waals surface area contributed by atoms with Crippen LogP contribution in [-0.4, -0.2) is 5.91 Å². The lowest BCUT2D eigenvalue weighted by atomic mass is 10.1. The van der Waals surface area contributed by atoms with Crippen LogP contribution in [0.15, 0.2) is 78.4 Å². The van der Waals surface area contributed by atoms with Gasteiger partial charge in [-0.2, -0.15) is 5.26 Å². The maximum Gasteiger partial charge on any atom is 0.266 e. The van der Waals surface area contributed by atoms with Crippen LogP contribution < -0.4 is 10.1 Å². The molecule has 0 fully saturated rings. The molecule has 0 heterocycles. The molecule has 0 radical (unpaired) electrons. The molecule has 0 bridgehead atoms. The predicted molar refractivity (Wildman–Crippen MR) is 115 cm³/mol. The Morgan fingerprint density at radius 1 is 1.07 bits per heavy atom. The number of nitrogens with one attached hydrogen (secondary N) is 1. The summed E-state index contributed by atoms with van der Waals surface area (Å²) in [6, 6.07) is 22.6. The van der Waals surface area contributed by atoms with E-state index in [4.69, 9.17) is 4.74 Å². The van der Waals surface area contributed by atoms with Crippen LogP contribution in [-0.2, 0) is 17.8 Å². The van der Waals surface area contributed by atoms with Gasteiger partial charge in [0, 0.05) is 11.3 Å². The molecule has 0 aliphatic carbocycles. The van der Waals surface area contributed by atoms with Gasteiger partial charge in [-0.05, 0) is 54.0 Å². The predicted octanol–water partition coefficient (Wildman–Crippen LogP) is 5.51. The van der Waals surface area contributed by atoms with Gasteiger partial charge in [0.15, 0.2) is 0 Å². The number of benzene rings is 3. The number of halogens is 1. The highest BCUT2D eigenvalue weighted by molar-refractivity contribution is 6.09. The fraction of sp³-hybridized carbons (Fsp3) is 0.120. The highest BCUT2D eigenvalue weighted by Crippen LogP contribution is 2.23. The van der Waals surface area contributed by atoms with Gasteiger partial charge in [0.2, 0.25) is 0 Å². The average Bonchev–Trinajstić information content (AvgIpc) is 2.77. The highest BCUT2D eigenvalue weighted by Gasteiger charge is 2.11. The summed E-state index contributed by atoms with van der Waals surface area (Å²) in [5, 5.41) is 12.2. The van der Waals surface area contributed by atoms with Crippen LogP contribution in [0.3, 0.4) is 0 Å². The van der Waals surface area contributed by atoms with Crippen molar-refractivity contribution in [3.8, 4) is 11.8 Å². The number of nitrogens with zero attached hydrogens (tertiary/aromatic N) is 1. The van der Waals surface area contributed by atoms with Crippen LogP contribution >= 0.6 is 0 Å². The van der Waals surface area contributed by atoms with Crippen LogP contribution in [0.1, 0.15) is 23.6 Å². The number of nitriles is 1. The first-order valence-electron chi connectivity index (χ1n) is 9.57. The molecule has 1 amide bonds. The number of anilines is 1. The van der Waals surface area contributed by atoms with Crippen LogP contribution in [0.2, 0.25) is 0 Å². The molecule has 0 aliphatic heterocycles. The molecule has 0 unspecified atom stereocenters. The minimum absolute atomic E-state index is 0.0450. The van der Waals surface area contributed by atoms with E-state index in [1.807, 2.05) is 30.3 Å². The first-order valence-corrected chi connectivity index (χ1v) is 9.57. The second-order valence-electron chi connectivity index (χ2n) is 6.63. The third kappa shape index (κ3) is 5.55. The third-order valence-electron chi connectivity index (χ3n) is 4.49. The lowest BCUT2D eigenvalue weighted by molar-refractivity contribution is -0.112. The summed E-state index contributed by atoms with van der Waals surface area (Å²) in [4.78, 5) is 12.5. The molecule has 3 rings (SSSR count). The minimum Gasteiger partial charge on any atom is -0.488 e. The molecule has 0 aromatic heterocycles. The van der Waals surface area contributed by atoms with Crippen molar-refractivity contribution in [3.63, 3.8) is 0 Å². The molecule has 5 heteroatoms. The van der Waals surface area contributed by atoms with E-state index < -0.39 is 5.91 Å². The van der Waals surface area contributed by atoms with E-state index >= 15 is 0 Å². The van der Waals surface area contributed by atoms with Gasteiger partial charge in [-0.25, -0.2) is 4.39 Å². The second-order valence-corrected chi connectivity index (χ2v) is 6.63. The van der Waals surface area contributed by atoms with Crippen molar-refractivity contribution in [1.29, 1.82) is 5.26 Å². The first-order chi connectivity index (χ1) is 14.6. The van der Waals surface area contributed by atoms with E-state index in [9.17, 15) is 14.4 Å². The summed E-state index contributed by atoms with van der Waals surface area (Å²) in [6.07, 6.45) is 2.39. The van der Waals surface area contributed by atoms with E-state index in [-0.39, 0.29) is 18.0 Å². The number of ether oxygens (including phenoxy) is 1. The molecular weight excluding hydrogens is 379 g/mol. The third-order valence-corrected chi connectivity index (χ3v) is 4.49. The number of rotatable bonds is 7. The fourth-order valence-electron chi connectivity index (χ4n) is 2.85. The Balaban J connectivity index is 1.76. The summed E-state index contributed by atoms with van der Waals surface area (Å²) in [7, 11) is 0. The molecule has 4 nitrogen and oxygen atoms in total. The van der Waals surface area contributed by atoms with Crippen molar-refractivity contribution in [2.45, 2.75) is 20.0 Å². The van der Waals surface area contributed by atoms with Gasteiger partial charge < -0.3 is 10.1 Å². The molecule has 3 aromatic rings. The van der Waals surface area contributed by atoms with Gasteiger partial charge in [-0.3, -0.25) is 4.79 Å². The Bertz CT molecular complexity index is 1100. The molecular formula is C25H21FN2O2. The molecule has 0 spiro atoms. The monoisotopic (exact) mass is 400 g/mol. The quantitative estimate of drug-likeness (QED) is 0.420. The van der Waals surface area contributed by atoms with Gasteiger partial charge in [0.1, 0.15) is 29.8 Å². The number of hydrogen-bond donors (Lipinski definition) is 1. The number of hydrogen-bond acceptors (Lipinski definition) is 3. The van der Waals surface area contributed by atoms with Crippen LogP contribution in [0, 0.1) is 17.1 Å². The normalized spacial score (nSPS) is 10.9. The van der Waals surface area contributed by atoms with E-state index in [0.717, 1.165) is 12.0 Å². The van der Waals surface area contributed by atoms with Crippen molar-refractivity contribution >= 4 is 17.7 Å². The zero-order valence-electron chi connectivity index (χ0n) is 16.6. The zero-order chi connectivity index (χ0) is 21.3. The van der Waals surface area contributed by atoms with E-state index in [0.29, 0.717) is 22.6 Å². The number of para-hydroxylation sites is 1. The van der Waals surface area contributed by atoms with Gasteiger partial charge in [-0.1, -0.05) is 49.4 Å². The Morgan fingerprint density at radius 3 is 2.53 bits per heavy atom. The van der Waals surface area contributed by atoms with Gasteiger partial charge in [0.05, 0.1) is 0 Å². The fourth-order valence-corrected chi connectivity index (χ4v) is 2.85. The number of amides is 1. The largest absolute Gasteiger partial charge is 0.488 e. The lowest BCUT2D eigenvalue weighted by Gasteiger charge is -2.10. The van der Waals surface area contributed by atoms with Gasteiger partial charge >= 0.3 is 0 Å². The molecule has 0 saturated carbocycles. The molecule has 1 N–H and O–H groups in total. The highest BCUT2D eigenvalue weighted by atomic mass is 19.1. The number of carbonyl (C=O) groups is 1. The Kier molecular flexibility index (Phi) is 6.96. The van der Waals surface area contributed by atoms with E-state index in [1.54, 1.807) is 36.4 Å². The maximum atomic E-state index is 13.4. The SMILES string of the molecule is CCc1ccc(NC(=O)/C(C#N)=C/c2ccccc2OCc2cccc(F)c2)cc1. The molecule has 30 heavy (non-hydrogen) atoms. The standard InChI is InChI=1S/C25H21FN2O2/c1-2-18-10-12-23(13-11-18)28-25(29)21(16-27)15-20-7-3-4-9-24(20)30-17-19-6-5-8-22(26)14-19/h3-15H,2,17H2,1H3,(H,28,29)/b21-15+. The van der Waals surface area contributed by atoms with Crippen molar-refractivity contribution in [2.75, 3.05) is 5.32 Å². The van der Waals surface area contributed by atoms with Crippen LogP contribution in [0.4, 0.5) is 10.1 Å². The maximum absolute atomic E-state index is 13.4. The van der Waals surface area contributed by atoms with Crippen LogP contribution in [0.25, 0.3) is 6.08 Å². The lowest BCUT2D eigenvalue weighted by Crippen LogP contribution is -2.13. The number of aryl methyl sites for hydroxylation is 1.